The van der Waals surface area contributed by atoms with Crippen molar-refractivity contribution >= 4 is 88.8 Å². The van der Waals surface area contributed by atoms with Crippen LogP contribution >= 0.6 is 11.6 Å². The van der Waals surface area contributed by atoms with E-state index < -0.39 is 5.97 Å². The second kappa shape index (κ2) is 29.2. The first-order valence-corrected chi connectivity index (χ1v) is 30.8. The van der Waals surface area contributed by atoms with Gasteiger partial charge in [-0.05, 0) is 164 Å². The lowest BCUT2D eigenvalue weighted by atomic mass is 10.0. The Bertz CT molecular complexity index is 4140. The second-order valence-corrected chi connectivity index (χ2v) is 23.8. The van der Waals surface area contributed by atoms with Crippen LogP contribution in [0.25, 0.3) is 43.1 Å². The average Bonchev–Trinajstić information content (AvgIpc) is 2.87. The summed E-state index contributed by atoms with van der Waals surface area (Å²) in [7, 11) is 0. The van der Waals surface area contributed by atoms with Crippen molar-refractivity contribution in [2.75, 3.05) is 11.5 Å². The SMILES string of the molecule is Nc1ccc2cnccc2c1.Nc1ccc2cnccc2c1.O=C(Cc1ccc2cnccc2c1)[C@@H]1C[C@H]1c1ccccc1.O=C(Cc1ccc2cnccc2c1)[C@@H]1C[C@H]1c1ccccc1.O=C(Cl)[C@@H]1C[C@H]1c1ccccc1.O=C(O)[C@@H]1C[C@H]1c1ccccc1. The van der Waals surface area contributed by atoms with Crippen molar-refractivity contribution < 1.29 is 24.3 Å². The lowest BCUT2D eigenvalue weighted by Crippen LogP contribution is -2.06. The normalized spacial score (nSPS) is 19.4. The van der Waals surface area contributed by atoms with Crippen LogP contribution in [0.1, 0.15) is 82.7 Å². The highest BCUT2D eigenvalue weighted by atomic mass is 35.5. The maximum absolute atomic E-state index is 12.5. The maximum Gasteiger partial charge on any atom is 0.307 e. The number of aliphatic carboxylic acids is 1. The summed E-state index contributed by atoms with van der Waals surface area (Å²) >= 11 is 5.38. The number of carbonyl (C=O) groups is 4. The summed E-state index contributed by atoms with van der Waals surface area (Å²) < 4.78 is 0. The zero-order valence-corrected chi connectivity index (χ0v) is 50.4. The Morgan fingerprint density at radius 1 is 0.356 bits per heavy atom. The van der Waals surface area contributed by atoms with Crippen LogP contribution in [0.3, 0.4) is 0 Å². The largest absolute Gasteiger partial charge is 0.481 e. The predicted octanol–water partition coefficient (Wildman–Crippen LogP) is 16.4. The molecule has 0 saturated heterocycles. The highest BCUT2D eigenvalue weighted by molar-refractivity contribution is 6.64. The van der Waals surface area contributed by atoms with E-state index in [4.69, 9.17) is 28.2 Å². The van der Waals surface area contributed by atoms with E-state index in [1.54, 1.807) is 24.8 Å². The molecule has 0 spiro atoms. The van der Waals surface area contributed by atoms with Gasteiger partial charge < -0.3 is 16.6 Å². The van der Waals surface area contributed by atoms with Crippen molar-refractivity contribution in [3.8, 4) is 0 Å². The van der Waals surface area contributed by atoms with Gasteiger partial charge in [0.15, 0.2) is 0 Å². The third-order valence-corrected chi connectivity index (χ3v) is 17.3. The number of benzene rings is 8. The van der Waals surface area contributed by atoms with Crippen LogP contribution in [0.2, 0.25) is 0 Å². The number of nitrogens with zero attached hydrogens (tertiary/aromatic N) is 4. The molecule has 0 radical (unpaired) electrons. The number of hydrogen-bond acceptors (Lipinski definition) is 10. The molecule has 0 bridgehead atoms. The molecular formula is C78H69ClN6O5. The van der Waals surface area contributed by atoms with E-state index >= 15 is 0 Å². The number of anilines is 2. The van der Waals surface area contributed by atoms with Crippen LogP contribution in [-0.4, -0.2) is 47.8 Å². The molecule has 5 N–H and O–H groups in total. The molecule has 0 aliphatic heterocycles. The molecule has 8 aromatic carbocycles. The number of carbonyl (C=O) groups excluding carboxylic acids is 3. The fraction of sp³-hybridized carbons (Fsp3) is 0.179. The molecule has 4 aliphatic carbocycles. The fourth-order valence-electron chi connectivity index (χ4n) is 11.6. The first-order chi connectivity index (χ1) is 43.9. The molecule has 448 valence electrons. The number of carboxylic acid groups (broad SMARTS) is 1. The van der Waals surface area contributed by atoms with Gasteiger partial charge in [-0.15, -0.1) is 0 Å². The lowest BCUT2D eigenvalue weighted by Gasteiger charge is -2.04. The van der Waals surface area contributed by atoms with Crippen molar-refractivity contribution in [3.63, 3.8) is 0 Å². The topological polar surface area (TPSA) is 192 Å². The Morgan fingerprint density at radius 2 is 0.644 bits per heavy atom. The number of ketones is 2. The quantitative estimate of drug-likeness (QED) is 0.0779. The molecule has 8 atom stereocenters. The summed E-state index contributed by atoms with van der Waals surface area (Å²) in [6.07, 6.45) is 19.3. The summed E-state index contributed by atoms with van der Waals surface area (Å²) in [6, 6.07) is 72.5. The third kappa shape index (κ3) is 16.7. The molecule has 4 saturated carbocycles. The lowest BCUT2D eigenvalue weighted by molar-refractivity contribution is -0.138. The van der Waals surface area contributed by atoms with Gasteiger partial charge in [0.2, 0.25) is 5.24 Å². The highest BCUT2D eigenvalue weighted by Crippen LogP contribution is 2.50. The number of pyridine rings is 4. The maximum atomic E-state index is 12.5. The van der Waals surface area contributed by atoms with Gasteiger partial charge in [0.1, 0.15) is 11.6 Å². The fourth-order valence-corrected chi connectivity index (χ4v) is 11.9. The third-order valence-electron chi connectivity index (χ3n) is 17.0. The summed E-state index contributed by atoms with van der Waals surface area (Å²) in [5.41, 5.74) is 20.0. The zero-order chi connectivity index (χ0) is 62.3. The minimum absolute atomic E-state index is 0.0778. The van der Waals surface area contributed by atoms with E-state index in [2.05, 4.69) is 56.3 Å². The number of aromatic nitrogens is 4. The zero-order valence-electron chi connectivity index (χ0n) is 49.7. The van der Waals surface area contributed by atoms with E-state index in [0.717, 1.165) is 96.8 Å². The Hall–Kier alpha value is -10.2. The van der Waals surface area contributed by atoms with Gasteiger partial charge in [0, 0.05) is 113 Å². The van der Waals surface area contributed by atoms with Crippen molar-refractivity contribution in [2.45, 2.75) is 62.2 Å². The number of carboxylic acids is 1. The standard InChI is InChI=1S/2C20H17NO.C10H9ClO.C10H10O2.2C9H8N2/c2*22-20(19-12-18(19)15-4-2-1-3-5-15)11-14-6-7-17-13-21-9-8-16(17)10-14;2*11-10(12)9-6-8(9)7-4-2-1-3-5-7;2*10-9-2-1-8-6-11-4-3-7(8)5-9/h2*1-10,13,18-19H,11-12H2;1-5,8-9H,6H2;1-5,8-9H,6H2,(H,11,12);2*1-6H,10H2/t2*18-,19+;2*8-,9+;;/m0000../s1. The van der Waals surface area contributed by atoms with E-state index in [1.807, 2.05) is 207 Å². The van der Waals surface area contributed by atoms with Crippen LogP contribution in [0.15, 0.2) is 268 Å². The first-order valence-electron chi connectivity index (χ1n) is 30.4. The number of fused-ring (bicyclic) bond motifs is 4. The number of halogens is 1. The summed E-state index contributed by atoms with van der Waals surface area (Å²) in [6.45, 7) is 0. The Kier molecular flexibility index (Phi) is 19.9. The van der Waals surface area contributed by atoms with Gasteiger partial charge in [-0.1, -0.05) is 170 Å². The minimum atomic E-state index is -0.663. The van der Waals surface area contributed by atoms with Crippen LogP contribution in [-0.2, 0) is 32.0 Å². The first kappa shape index (κ1) is 61.4. The monoisotopic (exact) mass is 1200 g/mol. The van der Waals surface area contributed by atoms with Gasteiger partial charge in [-0.25, -0.2) is 0 Å². The van der Waals surface area contributed by atoms with Crippen LogP contribution < -0.4 is 11.5 Å². The van der Waals surface area contributed by atoms with Gasteiger partial charge in [0.25, 0.3) is 0 Å². The average molecular weight is 1210 g/mol. The van der Waals surface area contributed by atoms with E-state index in [9.17, 15) is 19.2 Å². The molecular weight excluding hydrogens is 1140 g/mol. The second-order valence-electron chi connectivity index (χ2n) is 23.4. The van der Waals surface area contributed by atoms with E-state index in [-0.39, 0.29) is 34.8 Å². The number of nitrogen functional groups attached to an aromatic ring is 2. The number of hydrogen-bond donors (Lipinski definition) is 3. The van der Waals surface area contributed by atoms with Crippen LogP contribution in [0, 0.1) is 23.7 Å². The molecule has 12 heteroatoms. The molecule has 4 aliphatic rings. The smallest absolute Gasteiger partial charge is 0.307 e. The molecule has 4 fully saturated rings. The van der Waals surface area contributed by atoms with Crippen molar-refractivity contribution in [2.24, 2.45) is 23.7 Å². The van der Waals surface area contributed by atoms with Gasteiger partial charge in [-0.2, -0.15) is 0 Å². The van der Waals surface area contributed by atoms with Crippen molar-refractivity contribution in [3.05, 3.63) is 301 Å². The summed E-state index contributed by atoms with van der Waals surface area (Å²) in [5.74, 6) is 1.93. The van der Waals surface area contributed by atoms with E-state index in [0.29, 0.717) is 42.2 Å². The molecule has 16 rings (SSSR count). The van der Waals surface area contributed by atoms with E-state index in [1.165, 1.54) is 16.7 Å². The molecule has 11 nitrogen and oxygen atoms in total. The number of nitrogens with two attached hydrogens (primary N) is 2. The molecule has 12 aromatic rings. The molecule has 90 heavy (non-hydrogen) atoms. The Morgan fingerprint density at radius 3 is 0.956 bits per heavy atom. The van der Waals surface area contributed by atoms with Gasteiger partial charge >= 0.3 is 5.97 Å². The Balaban J connectivity index is 0.000000114. The van der Waals surface area contributed by atoms with Gasteiger partial charge in [0.05, 0.1) is 5.92 Å². The van der Waals surface area contributed by atoms with Crippen molar-refractivity contribution in [1.82, 2.24) is 19.9 Å². The molecule has 4 aromatic heterocycles. The highest BCUT2D eigenvalue weighted by Gasteiger charge is 2.45. The minimum Gasteiger partial charge on any atom is -0.481 e. The predicted molar refractivity (Wildman–Crippen MR) is 361 cm³/mol. The number of Topliss-reactive ketones (excluding diaryl/α,β-unsaturated/α-hetero) is 2. The summed E-state index contributed by atoms with van der Waals surface area (Å²) in [5, 5.41) is 17.6. The molecule has 0 amide bonds. The van der Waals surface area contributed by atoms with Crippen LogP contribution in [0.4, 0.5) is 11.4 Å². The van der Waals surface area contributed by atoms with Crippen molar-refractivity contribution in [1.29, 1.82) is 0 Å². The number of rotatable bonds is 12. The Labute approximate surface area is 528 Å². The molecule has 0 unspecified atom stereocenters. The summed E-state index contributed by atoms with van der Waals surface area (Å²) in [4.78, 5) is 62.5. The molecule has 4 heterocycles. The van der Waals surface area contributed by atoms with Gasteiger partial charge in [-0.3, -0.25) is 39.1 Å². The van der Waals surface area contributed by atoms with Crippen LogP contribution in [0.5, 0.6) is 0 Å².